The highest BCUT2D eigenvalue weighted by Gasteiger charge is 2.47. The van der Waals surface area contributed by atoms with Gasteiger partial charge in [-0.1, -0.05) is 6.07 Å². The SMILES string of the molecule is CN(C)c1ccc(CN2C(=O)C3CCCN3C2=O)cn1. The fourth-order valence-electron chi connectivity index (χ4n) is 2.78. The summed E-state index contributed by atoms with van der Waals surface area (Å²) in [5.74, 6) is 0.789. The first kappa shape index (κ1) is 12.9. The quantitative estimate of drug-likeness (QED) is 0.774. The van der Waals surface area contributed by atoms with Crippen LogP contribution in [0, 0.1) is 0 Å². The zero-order valence-electron chi connectivity index (χ0n) is 11.7. The standard InChI is InChI=1S/C14H18N4O2/c1-16(2)12-6-5-10(8-15-12)9-18-13(19)11-4-3-7-17(11)14(18)20/h5-6,8,11H,3-4,7,9H2,1-2H3. The van der Waals surface area contributed by atoms with Gasteiger partial charge in [0.15, 0.2) is 0 Å². The molecule has 2 aliphatic rings. The van der Waals surface area contributed by atoms with Gasteiger partial charge in [-0.2, -0.15) is 0 Å². The largest absolute Gasteiger partial charge is 0.363 e. The van der Waals surface area contributed by atoms with E-state index in [1.54, 1.807) is 11.1 Å². The predicted octanol–water partition coefficient (Wildman–Crippen LogP) is 1.07. The summed E-state index contributed by atoms with van der Waals surface area (Å²) in [6.45, 7) is 1.01. The molecule has 2 fully saturated rings. The number of rotatable bonds is 3. The van der Waals surface area contributed by atoms with Gasteiger partial charge in [-0.05, 0) is 24.5 Å². The number of nitrogens with zero attached hydrogens (tertiary/aromatic N) is 4. The van der Waals surface area contributed by atoms with Crippen molar-refractivity contribution in [2.45, 2.75) is 25.4 Å². The summed E-state index contributed by atoms with van der Waals surface area (Å²) in [6.07, 6.45) is 3.44. The van der Waals surface area contributed by atoms with Gasteiger partial charge >= 0.3 is 6.03 Å². The molecule has 0 aromatic carbocycles. The fourth-order valence-corrected chi connectivity index (χ4v) is 2.78. The molecule has 3 rings (SSSR count). The molecule has 6 heteroatoms. The van der Waals surface area contributed by atoms with Crippen molar-refractivity contribution in [3.05, 3.63) is 23.9 Å². The van der Waals surface area contributed by atoms with Gasteiger partial charge in [0.25, 0.3) is 5.91 Å². The number of urea groups is 1. The Morgan fingerprint density at radius 1 is 1.35 bits per heavy atom. The van der Waals surface area contributed by atoms with E-state index in [0.29, 0.717) is 13.1 Å². The highest BCUT2D eigenvalue weighted by molar-refractivity contribution is 6.04. The number of amides is 3. The zero-order chi connectivity index (χ0) is 14.3. The molecule has 1 aromatic rings. The molecule has 2 aliphatic heterocycles. The first-order valence-electron chi connectivity index (χ1n) is 6.82. The predicted molar refractivity (Wildman–Crippen MR) is 74.2 cm³/mol. The third kappa shape index (κ3) is 2.01. The Balaban J connectivity index is 1.74. The molecule has 0 N–H and O–H groups in total. The lowest BCUT2D eigenvalue weighted by Gasteiger charge is -2.16. The summed E-state index contributed by atoms with van der Waals surface area (Å²) in [5, 5.41) is 0. The lowest BCUT2D eigenvalue weighted by atomic mass is 10.2. The van der Waals surface area contributed by atoms with E-state index in [0.717, 1.165) is 24.2 Å². The van der Waals surface area contributed by atoms with Crippen molar-refractivity contribution in [3.63, 3.8) is 0 Å². The Morgan fingerprint density at radius 2 is 2.15 bits per heavy atom. The van der Waals surface area contributed by atoms with Crippen LogP contribution in [0.2, 0.25) is 0 Å². The van der Waals surface area contributed by atoms with E-state index in [-0.39, 0.29) is 18.0 Å². The maximum absolute atomic E-state index is 12.2. The normalized spacial score (nSPS) is 21.6. The summed E-state index contributed by atoms with van der Waals surface area (Å²) in [5.41, 5.74) is 0.874. The number of hydrogen-bond donors (Lipinski definition) is 0. The van der Waals surface area contributed by atoms with Crippen LogP contribution in [0.25, 0.3) is 0 Å². The van der Waals surface area contributed by atoms with Crippen molar-refractivity contribution in [3.8, 4) is 0 Å². The minimum absolute atomic E-state index is 0.0656. The van der Waals surface area contributed by atoms with Crippen LogP contribution in [0.15, 0.2) is 18.3 Å². The molecule has 106 valence electrons. The topological polar surface area (TPSA) is 56.8 Å². The molecule has 1 aromatic heterocycles. The van der Waals surface area contributed by atoms with E-state index in [9.17, 15) is 9.59 Å². The lowest BCUT2D eigenvalue weighted by Crippen LogP contribution is -2.32. The van der Waals surface area contributed by atoms with Gasteiger partial charge in [0, 0.05) is 26.8 Å². The molecule has 0 saturated carbocycles. The van der Waals surface area contributed by atoms with Crippen molar-refractivity contribution in [2.24, 2.45) is 0 Å². The van der Waals surface area contributed by atoms with Gasteiger partial charge in [0.1, 0.15) is 11.9 Å². The van der Waals surface area contributed by atoms with Crippen molar-refractivity contribution in [1.82, 2.24) is 14.8 Å². The summed E-state index contributed by atoms with van der Waals surface area (Å²) >= 11 is 0. The Bertz CT molecular complexity index is 519. The molecular weight excluding hydrogens is 256 g/mol. The molecule has 0 aliphatic carbocycles. The van der Waals surface area contributed by atoms with Crippen LogP contribution < -0.4 is 4.90 Å². The highest BCUT2D eigenvalue weighted by atomic mass is 16.2. The average molecular weight is 274 g/mol. The van der Waals surface area contributed by atoms with E-state index in [1.807, 2.05) is 31.1 Å². The number of hydrogen-bond acceptors (Lipinski definition) is 4. The van der Waals surface area contributed by atoms with Crippen LogP contribution in [0.4, 0.5) is 10.6 Å². The maximum atomic E-state index is 12.2. The summed E-state index contributed by atoms with van der Waals surface area (Å²) < 4.78 is 0. The van der Waals surface area contributed by atoms with Gasteiger partial charge in [-0.15, -0.1) is 0 Å². The molecular formula is C14H18N4O2. The smallest absolute Gasteiger partial charge is 0.327 e. The van der Waals surface area contributed by atoms with Gasteiger partial charge in [-0.3, -0.25) is 9.69 Å². The third-order valence-corrected chi connectivity index (χ3v) is 3.89. The highest BCUT2D eigenvalue weighted by Crippen LogP contribution is 2.28. The fraction of sp³-hybridized carbons (Fsp3) is 0.500. The second-order valence-electron chi connectivity index (χ2n) is 5.48. The van der Waals surface area contributed by atoms with E-state index >= 15 is 0 Å². The summed E-state index contributed by atoms with van der Waals surface area (Å²) in [7, 11) is 3.84. The van der Waals surface area contributed by atoms with E-state index in [2.05, 4.69) is 4.98 Å². The van der Waals surface area contributed by atoms with Gasteiger partial charge < -0.3 is 9.80 Å². The van der Waals surface area contributed by atoms with Crippen LogP contribution in [0.5, 0.6) is 0 Å². The first-order valence-corrected chi connectivity index (χ1v) is 6.82. The van der Waals surface area contributed by atoms with Crippen LogP contribution in [-0.4, -0.2) is 53.4 Å². The number of fused-ring (bicyclic) bond motifs is 1. The molecule has 6 nitrogen and oxygen atoms in total. The Kier molecular flexibility index (Phi) is 3.08. The van der Waals surface area contributed by atoms with Crippen LogP contribution in [-0.2, 0) is 11.3 Å². The number of imide groups is 1. The zero-order valence-corrected chi connectivity index (χ0v) is 11.7. The number of carbonyl (C=O) groups excluding carboxylic acids is 2. The molecule has 0 radical (unpaired) electrons. The Labute approximate surface area is 118 Å². The van der Waals surface area contributed by atoms with Gasteiger partial charge in [0.05, 0.1) is 6.54 Å². The Morgan fingerprint density at radius 3 is 2.75 bits per heavy atom. The van der Waals surface area contributed by atoms with Crippen molar-refractivity contribution in [1.29, 1.82) is 0 Å². The third-order valence-electron chi connectivity index (χ3n) is 3.89. The average Bonchev–Trinajstić information content (AvgIpc) is 2.99. The molecule has 3 heterocycles. The minimum Gasteiger partial charge on any atom is -0.363 e. The summed E-state index contributed by atoms with van der Waals surface area (Å²) in [6, 6.07) is 3.42. The number of pyridine rings is 1. The molecule has 0 bridgehead atoms. The minimum atomic E-state index is -0.225. The molecule has 3 amide bonds. The number of anilines is 1. The molecule has 0 spiro atoms. The number of aromatic nitrogens is 1. The lowest BCUT2D eigenvalue weighted by molar-refractivity contribution is -0.128. The number of carbonyl (C=O) groups is 2. The summed E-state index contributed by atoms with van der Waals surface area (Å²) in [4.78, 5) is 33.6. The molecule has 20 heavy (non-hydrogen) atoms. The van der Waals surface area contributed by atoms with Gasteiger partial charge in [0.2, 0.25) is 0 Å². The van der Waals surface area contributed by atoms with Crippen LogP contribution >= 0.6 is 0 Å². The molecule has 1 atom stereocenters. The van der Waals surface area contributed by atoms with E-state index < -0.39 is 0 Å². The van der Waals surface area contributed by atoms with E-state index in [4.69, 9.17) is 0 Å². The second kappa shape index (κ2) is 4.77. The Hall–Kier alpha value is -2.11. The first-order chi connectivity index (χ1) is 9.58. The van der Waals surface area contributed by atoms with Crippen molar-refractivity contribution >= 4 is 17.8 Å². The molecule has 1 unspecified atom stereocenters. The van der Waals surface area contributed by atoms with E-state index in [1.165, 1.54) is 4.90 Å². The van der Waals surface area contributed by atoms with Crippen molar-refractivity contribution in [2.75, 3.05) is 25.5 Å². The maximum Gasteiger partial charge on any atom is 0.327 e. The van der Waals surface area contributed by atoms with Crippen LogP contribution in [0.1, 0.15) is 18.4 Å². The van der Waals surface area contributed by atoms with Gasteiger partial charge in [-0.25, -0.2) is 9.78 Å². The van der Waals surface area contributed by atoms with Crippen LogP contribution in [0.3, 0.4) is 0 Å². The monoisotopic (exact) mass is 274 g/mol. The van der Waals surface area contributed by atoms with Crippen molar-refractivity contribution < 1.29 is 9.59 Å². The second-order valence-corrected chi connectivity index (χ2v) is 5.48. The molecule has 2 saturated heterocycles.